The van der Waals surface area contributed by atoms with Crippen LogP contribution in [0.1, 0.15) is 0 Å². The molecule has 0 aliphatic carbocycles. The Balaban J connectivity index is 2.62. The minimum Gasteiger partial charge on any atom is -0.455 e. The fourth-order valence-electron chi connectivity index (χ4n) is 1.54. The highest BCUT2D eigenvalue weighted by Gasteiger charge is 2.22. The van der Waals surface area contributed by atoms with E-state index in [2.05, 4.69) is 0 Å². The van der Waals surface area contributed by atoms with Gasteiger partial charge in [-0.1, -0.05) is 24.3 Å². The Bertz CT molecular complexity index is 740. The van der Waals surface area contributed by atoms with E-state index >= 15 is 0 Å². The van der Waals surface area contributed by atoms with Crippen molar-refractivity contribution >= 4 is 21.2 Å². The predicted octanol–water partition coefficient (Wildman–Crippen LogP) is 2.31. The molecule has 0 aliphatic heterocycles. The summed E-state index contributed by atoms with van der Waals surface area (Å²) in [6, 6.07) is 11.7. The molecule has 1 unspecified atom stereocenters. The van der Waals surface area contributed by atoms with Crippen molar-refractivity contribution in [3.05, 3.63) is 48.5 Å². The second-order valence-electron chi connectivity index (χ2n) is 3.72. The molecular weight excluding hydrogens is 304 g/mol. The van der Waals surface area contributed by atoms with Gasteiger partial charge in [0.15, 0.2) is 16.8 Å². The minimum atomic E-state index is -4.58. The third-order valence-electron chi connectivity index (χ3n) is 2.37. The molecule has 0 saturated carbocycles. The second-order valence-corrected chi connectivity index (χ2v) is 6.05. The van der Waals surface area contributed by atoms with E-state index in [0.29, 0.717) is 0 Å². The minimum absolute atomic E-state index is 0.246. The molecule has 6 nitrogen and oxygen atoms in total. The Hall–Kier alpha value is -1.74. The monoisotopic (exact) mass is 314 g/mol. The fourth-order valence-corrected chi connectivity index (χ4v) is 2.75. The second kappa shape index (κ2) is 5.71. The van der Waals surface area contributed by atoms with E-state index in [4.69, 9.17) is 9.29 Å². The van der Waals surface area contributed by atoms with Crippen molar-refractivity contribution < 1.29 is 26.5 Å². The smallest absolute Gasteiger partial charge is 0.298 e. The molecule has 1 atom stereocenters. The van der Waals surface area contributed by atoms with Gasteiger partial charge < -0.3 is 9.29 Å². The first-order valence-corrected chi connectivity index (χ1v) is 7.88. The predicted molar refractivity (Wildman–Crippen MR) is 71.8 cm³/mol. The van der Waals surface area contributed by atoms with Gasteiger partial charge in [0.2, 0.25) is 0 Å². The van der Waals surface area contributed by atoms with Gasteiger partial charge in [-0.15, -0.1) is 0 Å². The highest BCUT2D eigenvalue weighted by molar-refractivity contribution is 7.86. The van der Waals surface area contributed by atoms with E-state index in [1.54, 1.807) is 30.3 Å². The molecule has 20 heavy (non-hydrogen) atoms. The standard InChI is InChI=1S/C12H10O6S2/c13-19(14)10-7-4-8-11(20(15,16)17)12(10)18-9-5-2-1-3-6-9/h1-8H,(H,13,14)(H,15,16,17). The number of rotatable bonds is 4. The molecule has 0 amide bonds. The van der Waals surface area contributed by atoms with Gasteiger partial charge in [0.25, 0.3) is 10.1 Å². The summed E-state index contributed by atoms with van der Waals surface area (Å²) in [7, 11) is -4.58. The van der Waals surface area contributed by atoms with Gasteiger partial charge in [0, 0.05) is 0 Å². The summed E-state index contributed by atoms with van der Waals surface area (Å²) >= 11 is -2.46. The molecule has 0 aliphatic rings. The van der Waals surface area contributed by atoms with E-state index in [1.807, 2.05) is 0 Å². The van der Waals surface area contributed by atoms with Gasteiger partial charge >= 0.3 is 0 Å². The lowest BCUT2D eigenvalue weighted by Gasteiger charge is -2.12. The molecule has 2 N–H and O–H groups in total. The lowest BCUT2D eigenvalue weighted by atomic mass is 10.3. The molecule has 8 heteroatoms. The maximum absolute atomic E-state index is 11.3. The first kappa shape index (κ1) is 14.7. The first-order chi connectivity index (χ1) is 9.39. The van der Waals surface area contributed by atoms with Crippen molar-refractivity contribution in [2.75, 3.05) is 0 Å². The van der Waals surface area contributed by atoms with Crippen LogP contribution in [-0.2, 0) is 21.2 Å². The highest BCUT2D eigenvalue weighted by atomic mass is 32.2. The fraction of sp³-hybridized carbons (Fsp3) is 0. The SMILES string of the molecule is O=S(O)c1cccc(S(=O)(=O)O)c1Oc1ccccc1. The van der Waals surface area contributed by atoms with Crippen LogP contribution < -0.4 is 4.74 Å². The van der Waals surface area contributed by atoms with Crippen molar-refractivity contribution in [3.63, 3.8) is 0 Å². The zero-order valence-corrected chi connectivity index (χ0v) is 11.6. The summed E-state index contributed by atoms with van der Waals surface area (Å²) in [6.07, 6.45) is 0. The molecule has 106 valence electrons. The average molecular weight is 314 g/mol. The molecule has 0 spiro atoms. The number of hydrogen-bond acceptors (Lipinski definition) is 4. The van der Waals surface area contributed by atoms with Crippen LogP contribution in [0.15, 0.2) is 58.3 Å². The molecule has 0 bridgehead atoms. The molecule has 0 radical (unpaired) electrons. The van der Waals surface area contributed by atoms with Crippen molar-refractivity contribution in [2.24, 2.45) is 0 Å². The largest absolute Gasteiger partial charge is 0.455 e. The number of hydrogen-bond donors (Lipinski definition) is 2. The third-order valence-corrected chi connectivity index (χ3v) is 3.95. The highest BCUT2D eigenvalue weighted by Crippen LogP contribution is 2.33. The molecule has 0 fully saturated rings. The third kappa shape index (κ3) is 3.23. The summed E-state index contributed by atoms with van der Waals surface area (Å²) in [5.74, 6) is -0.0997. The molecule has 0 saturated heterocycles. The van der Waals surface area contributed by atoms with E-state index in [-0.39, 0.29) is 16.4 Å². The number of para-hydroxylation sites is 2. The Morgan fingerprint density at radius 2 is 1.65 bits per heavy atom. The van der Waals surface area contributed by atoms with Crippen LogP contribution in [0, 0.1) is 0 Å². The number of benzene rings is 2. The lowest BCUT2D eigenvalue weighted by Crippen LogP contribution is -2.04. The van der Waals surface area contributed by atoms with Gasteiger partial charge in [-0.2, -0.15) is 8.42 Å². The van der Waals surface area contributed by atoms with E-state index in [0.717, 1.165) is 6.07 Å². The Labute approximate surface area is 118 Å². The summed E-state index contributed by atoms with van der Waals surface area (Å²) in [5, 5.41) is 0. The van der Waals surface area contributed by atoms with Crippen LogP contribution in [0.25, 0.3) is 0 Å². The lowest BCUT2D eigenvalue weighted by molar-refractivity contribution is 0.438. The molecule has 2 rings (SSSR count). The maximum atomic E-state index is 11.3. The average Bonchev–Trinajstić information content (AvgIpc) is 2.38. The van der Waals surface area contributed by atoms with Gasteiger partial charge in [0.05, 0.1) is 0 Å². The van der Waals surface area contributed by atoms with Crippen molar-refractivity contribution in [3.8, 4) is 11.5 Å². The van der Waals surface area contributed by atoms with Gasteiger partial charge in [0.1, 0.15) is 15.5 Å². The van der Waals surface area contributed by atoms with Crippen LogP contribution in [0.3, 0.4) is 0 Å². The summed E-state index contributed by atoms with van der Waals surface area (Å²) in [6.45, 7) is 0. The molecule has 2 aromatic rings. The van der Waals surface area contributed by atoms with E-state index in [1.165, 1.54) is 12.1 Å². The van der Waals surface area contributed by atoms with Gasteiger partial charge in [-0.25, -0.2) is 4.21 Å². The molecular formula is C12H10O6S2. The van der Waals surface area contributed by atoms with Crippen LogP contribution in [0.2, 0.25) is 0 Å². The van der Waals surface area contributed by atoms with Gasteiger partial charge in [-0.3, -0.25) is 4.55 Å². The van der Waals surface area contributed by atoms with Crippen molar-refractivity contribution in [1.29, 1.82) is 0 Å². The van der Waals surface area contributed by atoms with Gasteiger partial charge in [-0.05, 0) is 24.3 Å². The zero-order valence-electron chi connectivity index (χ0n) is 9.96. The van der Waals surface area contributed by atoms with Crippen LogP contribution in [0.5, 0.6) is 11.5 Å². The van der Waals surface area contributed by atoms with E-state index in [9.17, 15) is 17.2 Å². The summed E-state index contributed by atoms with van der Waals surface area (Å²) < 4.78 is 57.6. The van der Waals surface area contributed by atoms with Crippen LogP contribution in [-0.4, -0.2) is 21.7 Å². The van der Waals surface area contributed by atoms with Crippen LogP contribution >= 0.6 is 0 Å². The molecule has 0 heterocycles. The molecule has 0 aromatic heterocycles. The summed E-state index contributed by atoms with van der Waals surface area (Å²) in [4.78, 5) is -0.815. The number of ether oxygens (including phenoxy) is 1. The Morgan fingerprint density at radius 3 is 2.20 bits per heavy atom. The Kier molecular flexibility index (Phi) is 4.19. The topological polar surface area (TPSA) is 101 Å². The van der Waals surface area contributed by atoms with Crippen molar-refractivity contribution in [1.82, 2.24) is 0 Å². The first-order valence-electron chi connectivity index (χ1n) is 5.34. The quantitative estimate of drug-likeness (QED) is 0.663. The van der Waals surface area contributed by atoms with Crippen molar-refractivity contribution in [2.45, 2.75) is 9.79 Å². The zero-order chi connectivity index (χ0) is 14.8. The maximum Gasteiger partial charge on any atom is 0.298 e. The van der Waals surface area contributed by atoms with Crippen LogP contribution in [0.4, 0.5) is 0 Å². The van der Waals surface area contributed by atoms with E-state index < -0.39 is 26.1 Å². The normalized spacial score (nSPS) is 12.9. The summed E-state index contributed by atoms with van der Waals surface area (Å²) in [5.41, 5.74) is 0. The molecule has 2 aromatic carbocycles. The Morgan fingerprint density at radius 1 is 1.00 bits per heavy atom.